The van der Waals surface area contributed by atoms with Crippen LogP contribution in [0.2, 0.25) is 0 Å². The van der Waals surface area contributed by atoms with Crippen LogP contribution < -0.4 is 5.73 Å². The second-order valence-electron chi connectivity index (χ2n) is 2.95. The van der Waals surface area contributed by atoms with Gasteiger partial charge >= 0.3 is 0 Å². The van der Waals surface area contributed by atoms with E-state index < -0.39 is 5.54 Å². The first kappa shape index (κ1) is 13.4. The third-order valence-electron chi connectivity index (χ3n) is 0.724. The predicted molar refractivity (Wildman–Crippen MR) is 44.1 cm³/mol. The van der Waals surface area contributed by atoms with E-state index in [4.69, 9.17) is 21.1 Å². The Morgan fingerprint density at radius 1 is 1.09 bits per heavy atom. The van der Waals surface area contributed by atoms with Crippen molar-refractivity contribution in [2.75, 3.05) is 19.8 Å². The number of nitrogens with two attached hydrogens (primary N) is 1. The minimum Gasteiger partial charge on any atom is -0.396 e. The quantitative estimate of drug-likeness (QED) is 0.435. The molecule has 0 amide bonds. The molecular formula is C7H19NO3. The van der Waals surface area contributed by atoms with Crippen molar-refractivity contribution in [2.24, 2.45) is 5.73 Å². The van der Waals surface area contributed by atoms with Gasteiger partial charge in [0.2, 0.25) is 0 Å². The van der Waals surface area contributed by atoms with Gasteiger partial charge in [-0.2, -0.15) is 0 Å². The zero-order chi connectivity index (χ0) is 9.33. The third-order valence-corrected chi connectivity index (χ3v) is 0.724. The van der Waals surface area contributed by atoms with E-state index in [0.717, 1.165) is 0 Å². The molecule has 0 atom stereocenters. The van der Waals surface area contributed by atoms with Gasteiger partial charge in [0.15, 0.2) is 0 Å². The molecule has 5 N–H and O–H groups in total. The molecule has 0 saturated heterocycles. The van der Waals surface area contributed by atoms with Crippen LogP contribution in [0, 0.1) is 0 Å². The zero-order valence-electron chi connectivity index (χ0n) is 7.25. The number of aliphatic hydroxyl groups is 3. The molecule has 0 aromatic rings. The fraction of sp³-hybridized carbons (Fsp3) is 1.00. The fourth-order valence-electron chi connectivity index (χ4n) is 0.0707. The Morgan fingerprint density at radius 3 is 1.36 bits per heavy atom. The number of aliphatic hydroxyl groups excluding tert-OH is 3. The van der Waals surface area contributed by atoms with E-state index in [1.54, 1.807) is 13.8 Å². The highest BCUT2D eigenvalue weighted by molar-refractivity contribution is 4.67. The van der Waals surface area contributed by atoms with E-state index in [9.17, 15) is 0 Å². The summed E-state index contributed by atoms with van der Waals surface area (Å²) in [6.07, 6.45) is 0.500. The van der Waals surface area contributed by atoms with Crippen molar-refractivity contribution in [3.63, 3.8) is 0 Å². The second-order valence-corrected chi connectivity index (χ2v) is 2.95. The van der Waals surface area contributed by atoms with Gasteiger partial charge in [-0.05, 0) is 20.3 Å². The average molecular weight is 165 g/mol. The first-order chi connectivity index (χ1) is 4.97. The molecule has 0 fully saturated rings. The lowest BCUT2D eigenvalue weighted by Crippen LogP contribution is -2.35. The molecule has 4 nitrogen and oxygen atoms in total. The van der Waals surface area contributed by atoms with Crippen molar-refractivity contribution in [1.29, 1.82) is 0 Å². The molecule has 0 spiro atoms. The van der Waals surface area contributed by atoms with Crippen molar-refractivity contribution >= 4 is 0 Å². The maximum atomic E-state index is 8.28. The van der Waals surface area contributed by atoms with Crippen LogP contribution in [0.1, 0.15) is 20.3 Å². The van der Waals surface area contributed by atoms with Crippen molar-refractivity contribution in [3.05, 3.63) is 0 Å². The van der Waals surface area contributed by atoms with Gasteiger partial charge in [-0.3, -0.25) is 0 Å². The summed E-state index contributed by atoms with van der Waals surface area (Å²) < 4.78 is 0. The summed E-state index contributed by atoms with van der Waals surface area (Å²) >= 11 is 0. The van der Waals surface area contributed by atoms with E-state index in [0.29, 0.717) is 6.42 Å². The monoisotopic (exact) mass is 165 g/mol. The molecule has 0 radical (unpaired) electrons. The van der Waals surface area contributed by atoms with E-state index in [1.807, 2.05) is 0 Å². The molecule has 0 aliphatic carbocycles. The van der Waals surface area contributed by atoms with Gasteiger partial charge in [-0.1, -0.05) is 0 Å². The Hall–Kier alpha value is -0.160. The SMILES string of the molecule is CC(C)(N)CO.OCCCO. The smallest absolute Gasteiger partial charge is 0.0605 e. The minimum atomic E-state index is -0.403. The molecule has 0 aliphatic rings. The number of rotatable bonds is 3. The first-order valence-corrected chi connectivity index (χ1v) is 3.59. The molecule has 0 bridgehead atoms. The standard InChI is InChI=1S/C4H11NO.C3H8O2/c1-4(2,5)3-6;4-2-1-3-5/h6H,3,5H2,1-2H3;4-5H,1-3H2. The molecule has 0 saturated carbocycles. The van der Waals surface area contributed by atoms with Gasteiger partial charge in [-0.15, -0.1) is 0 Å². The maximum absolute atomic E-state index is 8.28. The van der Waals surface area contributed by atoms with E-state index in [-0.39, 0.29) is 19.8 Å². The second kappa shape index (κ2) is 7.94. The van der Waals surface area contributed by atoms with Crippen LogP contribution in [-0.2, 0) is 0 Å². The van der Waals surface area contributed by atoms with Gasteiger partial charge in [0.05, 0.1) is 6.61 Å². The summed E-state index contributed by atoms with van der Waals surface area (Å²) in [6.45, 7) is 3.78. The molecule has 11 heavy (non-hydrogen) atoms. The third kappa shape index (κ3) is 25.8. The van der Waals surface area contributed by atoms with Crippen LogP contribution in [0.15, 0.2) is 0 Å². The lowest BCUT2D eigenvalue weighted by molar-refractivity contribution is 0.221. The van der Waals surface area contributed by atoms with Crippen molar-refractivity contribution in [3.8, 4) is 0 Å². The normalized spacial score (nSPS) is 10.4. The molecule has 0 rings (SSSR count). The Kier molecular flexibility index (Phi) is 9.70. The van der Waals surface area contributed by atoms with Gasteiger partial charge in [0.1, 0.15) is 0 Å². The van der Waals surface area contributed by atoms with Crippen LogP contribution in [0.25, 0.3) is 0 Å². The maximum Gasteiger partial charge on any atom is 0.0605 e. The molecule has 4 heteroatoms. The molecule has 0 aromatic carbocycles. The Balaban J connectivity index is 0. The molecular weight excluding hydrogens is 146 g/mol. The molecule has 0 aromatic heterocycles. The summed E-state index contributed by atoms with van der Waals surface area (Å²) in [5, 5.41) is 24.1. The summed E-state index contributed by atoms with van der Waals surface area (Å²) in [7, 11) is 0. The summed E-state index contributed by atoms with van der Waals surface area (Å²) in [6, 6.07) is 0. The van der Waals surface area contributed by atoms with Crippen LogP contribution in [0.5, 0.6) is 0 Å². The van der Waals surface area contributed by atoms with Gasteiger partial charge in [-0.25, -0.2) is 0 Å². The zero-order valence-corrected chi connectivity index (χ0v) is 7.25. The van der Waals surface area contributed by atoms with Crippen LogP contribution >= 0.6 is 0 Å². The highest BCUT2D eigenvalue weighted by atomic mass is 16.3. The van der Waals surface area contributed by atoms with Gasteiger partial charge in [0, 0.05) is 18.8 Å². The van der Waals surface area contributed by atoms with Crippen molar-refractivity contribution < 1.29 is 15.3 Å². The molecule has 70 valence electrons. The van der Waals surface area contributed by atoms with Gasteiger partial charge in [0.25, 0.3) is 0 Å². The number of hydrogen-bond donors (Lipinski definition) is 4. The van der Waals surface area contributed by atoms with Crippen LogP contribution in [0.3, 0.4) is 0 Å². The van der Waals surface area contributed by atoms with Crippen molar-refractivity contribution in [1.82, 2.24) is 0 Å². The molecule has 0 unspecified atom stereocenters. The highest BCUT2D eigenvalue weighted by Crippen LogP contribution is 1.89. The first-order valence-electron chi connectivity index (χ1n) is 3.59. The number of hydrogen-bond acceptors (Lipinski definition) is 4. The molecule has 0 aliphatic heterocycles. The lowest BCUT2D eigenvalue weighted by Gasteiger charge is -2.12. The Morgan fingerprint density at radius 2 is 1.36 bits per heavy atom. The lowest BCUT2D eigenvalue weighted by atomic mass is 10.1. The average Bonchev–Trinajstić information content (AvgIpc) is 1.90. The predicted octanol–water partition coefficient (Wildman–Crippen LogP) is -0.923. The minimum absolute atomic E-state index is 0.0486. The van der Waals surface area contributed by atoms with Crippen LogP contribution in [0.4, 0.5) is 0 Å². The van der Waals surface area contributed by atoms with Crippen LogP contribution in [-0.4, -0.2) is 40.7 Å². The van der Waals surface area contributed by atoms with E-state index >= 15 is 0 Å². The van der Waals surface area contributed by atoms with Gasteiger partial charge < -0.3 is 21.1 Å². The topological polar surface area (TPSA) is 86.7 Å². The largest absolute Gasteiger partial charge is 0.396 e. The Bertz CT molecular complexity index is 68.6. The van der Waals surface area contributed by atoms with Crippen molar-refractivity contribution in [2.45, 2.75) is 25.8 Å². The fourth-order valence-corrected chi connectivity index (χ4v) is 0.0707. The summed E-state index contributed by atoms with van der Waals surface area (Å²) in [4.78, 5) is 0. The van der Waals surface area contributed by atoms with E-state index in [2.05, 4.69) is 0 Å². The summed E-state index contributed by atoms with van der Waals surface area (Å²) in [5.74, 6) is 0. The highest BCUT2D eigenvalue weighted by Gasteiger charge is 2.05. The molecule has 0 heterocycles. The van der Waals surface area contributed by atoms with E-state index in [1.165, 1.54) is 0 Å². The Labute approximate surface area is 67.7 Å². The summed E-state index contributed by atoms with van der Waals surface area (Å²) in [5.41, 5.74) is 4.88.